The average molecular weight is 853 g/mol. The fourth-order valence-electron chi connectivity index (χ4n) is 8.13. The second-order valence-electron chi connectivity index (χ2n) is 15.1. The van der Waals surface area contributed by atoms with Crippen molar-refractivity contribution >= 4 is 74.1 Å². The summed E-state index contributed by atoms with van der Waals surface area (Å²) in [7, 11) is 1.63. The highest BCUT2D eigenvalue weighted by Crippen LogP contribution is 2.37. The molecule has 1 aromatic heterocycles. The molecular formula is C42H46BrN9O6. The first-order chi connectivity index (χ1) is 28.1. The third-order valence-corrected chi connectivity index (χ3v) is 11.9. The van der Waals surface area contributed by atoms with E-state index in [4.69, 9.17) is 9.47 Å². The van der Waals surface area contributed by atoms with Crippen LogP contribution in [0.5, 0.6) is 5.75 Å². The molecule has 58 heavy (non-hydrogen) atoms. The number of esters is 1. The molecule has 3 saturated heterocycles. The molecule has 3 amide bonds. The van der Waals surface area contributed by atoms with Crippen molar-refractivity contribution in [3.05, 3.63) is 87.5 Å². The van der Waals surface area contributed by atoms with E-state index in [0.29, 0.717) is 90.4 Å². The van der Waals surface area contributed by atoms with Gasteiger partial charge in [0.05, 0.1) is 35.1 Å². The third kappa shape index (κ3) is 8.57. The number of piperazine rings is 1. The summed E-state index contributed by atoms with van der Waals surface area (Å²) in [4.78, 5) is 65.1. The Balaban J connectivity index is 0.822. The number of halogens is 1. The quantitative estimate of drug-likeness (QED) is 0.111. The molecule has 0 saturated carbocycles. The smallest absolute Gasteiger partial charge is 0.341 e. The van der Waals surface area contributed by atoms with Crippen LogP contribution in [0.25, 0.3) is 0 Å². The number of likely N-dealkylation sites (tertiary alicyclic amines) is 1. The van der Waals surface area contributed by atoms with Crippen molar-refractivity contribution in [1.29, 1.82) is 0 Å². The zero-order valence-electron chi connectivity index (χ0n) is 32.5. The highest BCUT2D eigenvalue weighted by atomic mass is 79.9. The molecule has 1 unspecified atom stereocenters. The first-order valence-corrected chi connectivity index (χ1v) is 20.4. The lowest BCUT2D eigenvalue weighted by molar-refractivity contribution is -0.134. The van der Waals surface area contributed by atoms with Gasteiger partial charge in [-0.2, -0.15) is 4.98 Å². The minimum absolute atomic E-state index is 0.163. The number of aryl methyl sites for hydroxylation is 1. The van der Waals surface area contributed by atoms with E-state index in [-0.39, 0.29) is 30.3 Å². The molecule has 8 rings (SSSR count). The number of benzene rings is 3. The molecule has 302 valence electrons. The van der Waals surface area contributed by atoms with Gasteiger partial charge in [-0.05, 0) is 96.5 Å². The summed E-state index contributed by atoms with van der Waals surface area (Å²) in [5, 5.41) is 12.2. The van der Waals surface area contributed by atoms with Gasteiger partial charge in [-0.25, -0.2) is 9.78 Å². The van der Waals surface area contributed by atoms with Crippen molar-refractivity contribution in [2.45, 2.75) is 51.2 Å². The number of hydrogen-bond donors (Lipinski definition) is 4. The standard InChI is InChI=1S/C42H46BrN9O6/c1-25-20-33(47-42-44-22-30(43)39(49-42)46-31-5-3-4-28-24-58-41(56)38(28)31)35(57-2)21-34(25)51-16-18-52(19-17-51)37(54)23-50-14-12-27(13-15-50)26-6-8-29(9-7-26)45-32-10-11-36(53)48-40(32)55/h3-9,20-22,27,32,45H,10-19,23-24H2,1-2H3,(H,48,53,55)(H2,44,46,47,49). The van der Waals surface area contributed by atoms with Gasteiger partial charge in [0.25, 0.3) is 0 Å². The SMILES string of the molecule is COc1cc(N2CCN(C(=O)CN3CCC(c4ccc(NC5CCC(=O)NC5=O)cc4)CC3)CC2)c(C)cc1Nc1ncc(Br)c(Nc2cccc3c2C(=O)OC3)n1. The number of methoxy groups -OCH3 is 1. The Morgan fingerprint density at radius 1 is 0.966 bits per heavy atom. The molecule has 0 radical (unpaired) electrons. The van der Waals surface area contributed by atoms with Crippen molar-refractivity contribution in [2.75, 3.05) is 73.8 Å². The number of piperidine rings is 2. The van der Waals surface area contributed by atoms with Gasteiger partial charge < -0.3 is 35.2 Å². The normalized spacial score (nSPS) is 18.7. The van der Waals surface area contributed by atoms with Crippen LogP contribution in [-0.2, 0) is 25.7 Å². The van der Waals surface area contributed by atoms with Crippen molar-refractivity contribution in [3.63, 3.8) is 0 Å². The zero-order valence-corrected chi connectivity index (χ0v) is 34.1. The van der Waals surface area contributed by atoms with Gasteiger partial charge in [-0.15, -0.1) is 0 Å². The molecule has 5 heterocycles. The maximum atomic E-state index is 13.4. The molecular weight excluding hydrogens is 806 g/mol. The number of imide groups is 1. The van der Waals surface area contributed by atoms with Crippen LogP contribution in [0.4, 0.5) is 34.5 Å². The number of anilines is 6. The van der Waals surface area contributed by atoms with E-state index in [1.165, 1.54) is 5.56 Å². The number of hydrogen-bond acceptors (Lipinski definition) is 13. The summed E-state index contributed by atoms with van der Waals surface area (Å²) in [5.74, 6) is 1.18. The zero-order chi connectivity index (χ0) is 40.3. The highest BCUT2D eigenvalue weighted by Gasteiger charge is 2.29. The Labute approximate surface area is 345 Å². The number of rotatable bonds is 11. The molecule has 3 fully saturated rings. The minimum Gasteiger partial charge on any atom is -0.494 e. The summed E-state index contributed by atoms with van der Waals surface area (Å²) in [6.07, 6.45) is 4.43. The number of nitrogens with zero attached hydrogens (tertiary/aromatic N) is 5. The van der Waals surface area contributed by atoms with Gasteiger partial charge in [0.15, 0.2) is 0 Å². The number of ether oxygens (including phenoxy) is 2. The minimum atomic E-state index is -0.401. The summed E-state index contributed by atoms with van der Waals surface area (Å²) in [5.41, 5.74) is 6.84. The first kappa shape index (κ1) is 39.1. The maximum absolute atomic E-state index is 13.4. The van der Waals surface area contributed by atoms with Crippen LogP contribution in [0.3, 0.4) is 0 Å². The van der Waals surface area contributed by atoms with Crippen molar-refractivity contribution in [2.24, 2.45) is 0 Å². The number of amides is 3. The predicted molar refractivity (Wildman–Crippen MR) is 223 cm³/mol. The molecule has 4 aliphatic heterocycles. The summed E-state index contributed by atoms with van der Waals surface area (Å²) < 4.78 is 11.7. The second-order valence-corrected chi connectivity index (χ2v) is 15.9. The lowest BCUT2D eigenvalue weighted by Crippen LogP contribution is -2.52. The monoisotopic (exact) mass is 851 g/mol. The molecule has 0 spiro atoms. The van der Waals surface area contributed by atoms with E-state index in [1.807, 2.05) is 47.4 Å². The van der Waals surface area contributed by atoms with Gasteiger partial charge in [0, 0.05) is 61.8 Å². The van der Waals surface area contributed by atoms with Crippen molar-refractivity contribution in [3.8, 4) is 5.75 Å². The van der Waals surface area contributed by atoms with Crippen LogP contribution < -0.4 is 30.9 Å². The van der Waals surface area contributed by atoms with Crippen molar-refractivity contribution in [1.82, 2.24) is 25.1 Å². The molecule has 4 aliphatic rings. The van der Waals surface area contributed by atoms with Crippen LogP contribution in [0, 0.1) is 6.92 Å². The molecule has 0 aliphatic carbocycles. The van der Waals surface area contributed by atoms with Crippen LogP contribution >= 0.6 is 15.9 Å². The predicted octanol–water partition coefficient (Wildman–Crippen LogP) is 5.46. The number of carbonyl (C=O) groups is 4. The highest BCUT2D eigenvalue weighted by molar-refractivity contribution is 9.10. The van der Waals surface area contributed by atoms with E-state index in [0.717, 1.165) is 48.4 Å². The van der Waals surface area contributed by atoms with E-state index >= 15 is 0 Å². The second kappa shape index (κ2) is 17.0. The topological polar surface area (TPSA) is 170 Å². The fourth-order valence-corrected chi connectivity index (χ4v) is 8.42. The van der Waals surface area contributed by atoms with E-state index in [2.05, 4.69) is 76.0 Å². The first-order valence-electron chi connectivity index (χ1n) is 19.6. The van der Waals surface area contributed by atoms with Gasteiger partial charge in [-0.1, -0.05) is 24.3 Å². The summed E-state index contributed by atoms with van der Waals surface area (Å²) >= 11 is 3.52. The van der Waals surface area contributed by atoms with Gasteiger partial charge in [0.1, 0.15) is 24.2 Å². The molecule has 1 atom stereocenters. The largest absolute Gasteiger partial charge is 0.494 e. The van der Waals surface area contributed by atoms with E-state index in [1.54, 1.807) is 13.3 Å². The van der Waals surface area contributed by atoms with Gasteiger partial charge in [0.2, 0.25) is 23.7 Å². The van der Waals surface area contributed by atoms with E-state index in [9.17, 15) is 19.2 Å². The van der Waals surface area contributed by atoms with Crippen LogP contribution in [0.15, 0.2) is 65.3 Å². The van der Waals surface area contributed by atoms with E-state index < -0.39 is 6.04 Å². The van der Waals surface area contributed by atoms with Crippen LogP contribution in [-0.4, -0.2) is 102 Å². The molecule has 0 bridgehead atoms. The Morgan fingerprint density at radius 3 is 2.48 bits per heavy atom. The van der Waals surface area contributed by atoms with Crippen LogP contribution in [0.2, 0.25) is 0 Å². The average Bonchev–Trinajstić information content (AvgIpc) is 3.62. The lowest BCUT2D eigenvalue weighted by atomic mass is 9.89. The number of fused-ring (bicyclic) bond motifs is 1. The summed E-state index contributed by atoms with van der Waals surface area (Å²) in [6, 6.07) is 17.4. The Bertz CT molecular complexity index is 2220. The number of aromatic nitrogens is 2. The summed E-state index contributed by atoms with van der Waals surface area (Å²) in [6.45, 7) is 7.15. The third-order valence-electron chi connectivity index (χ3n) is 11.4. The van der Waals surface area contributed by atoms with Crippen molar-refractivity contribution < 1.29 is 28.7 Å². The Kier molecular flexibility index (Phi) is 11.5. The number of carbonyl (C=O) groups excluding carboxylic acids is 4. The maximum Gasteiger partial charge on any atom is 0.341 e. The molecule has 16 heteroatoms. The fraction of sp³-hybridized carbons (Fsp3) is 0.381. The Morgan fingerprint density at radius 2 is 1.74 bits per heavy atom. The number of cyclic esters (lactones) is 1. The lowest BCUT2D eigenvalue weighted by Gasteiger charge is -2.38. The van der Waals surface area contributed by atoms with Crippen LogP contribution in [0.1, 0.15) is 58.6 Å². The Hall–Kier alpha value is -5.74. The molecule has 4 aromatic rings. The van der Waals surface area contributed by atoms with Gasteiger partial charge in [-0.3, -0.25) is 24.6 Å². The number of nitrogens with one attached hydrogen (secondary N) is 4. The molecule has 3 aromatic carbocycles. The molecule has 15 nitrogen and oxygen atoms in total. The molecule has 4 N–H and O–H groups in total. The van der Waals surface area contributed by atoms with Gasteiger partial charge >= 0.3 is 5.97 Å².